The fourth-order valence-corrected chi connectivity index (χ4v) is 5.40. The molecule has 36 heavy (non-hydrogen) atoms. The Bertz CT molecular complexity index is 1330. The Morgan fingerprint density at radius 2 is 1.83 bits per heavy atom. The van der Waals surface area contributed by atoms with Gasteiger partial charge < -0.3 is 19.5 Å². The Hall–Kier alpha value is -3.30. The summed E-state index contributed by atoms with van der Waals surface area (Å²) in [5.74, 6) is 0.970. The number of fused-ring (bicyclic) bond motifs is 1. The number of hydrogen-bond donors (Lipinski definition) is 1. The van der Waals surface area contributed by atoms with Gasteiger partial charge in [0.15, 0.2) is 5.82 Å². The quantitative estimate of drug-likeness (QED) is 0.442. The molecular formula is C27H34N8O. The van der Waals surface area contributed by atoms with Crippen molar-refractivity contribution in [1.29, 1.82) is 0 Å². The Kier molecular flexibility index (Phi) is 6.41. The van der Waals surface area contributed by atoms with Gasteiger partial charge in [-0.1, -0.05) is 13.8 Å². The van der Waals surface area contributed by atoms with Gasteiger partial charge in [0.1, 0.15) is 5.65 Å². The van der Waals surface area contributed by atoms with Crippen molar-refractivity contribution in [1.82, 2.24) is 34.6 Å². The molecule has 2 aliphatic rings. The highest BCUT2D eigenvalue weighted by molar-refractivity contribution is 5.95. The predicted octanol–water partition coefficient (Wildman–Crippen LogP) is 3.94. The number of anilines is 1. The van der Waals surface area contributed by atoms with Crippen molar-refractivity contribution < 1.29 is 4.74 Å². The number of pyridine rings is 1. The maximum atomic E-state index is 5.50. The number of H-pyrrole nitrogens is 1. The third-order valence-electron chi connectivity index (χ3n) is 7.59. The van der Waals surface area contributed by atoms with E-state index in [4.69, 9.17) is 24.8 Å². The van der Waals surface area contributed by atoms with E-state index in [1.807, 2.05) is 24.8 Å². The number of likely N-dealkylation sites (tertiary alicyclic amines) is 1. The monoisotopic (exact) mass is 486 g/mol. The Balaban J connectivity index is 1.28. The predicted molar refractivity (Wildman–Crippen MR) is 141 cm³/mol. The second-order valence-electron chi connectivity index (χ2n) is 9.68. The van der Waals surface area contributed by atoms with Crippen LogP contribution in [-0.4, -0.2) is 80.6 Å². The second-order valence-corrected chi connectivity index (χ2v) is 9.68. The molecule has 6 heterocycles. The summed E-state index contributed by atoms with van der Waals surface area (Å²) in [6.07, 6.45) is 13.1. The summed E-state index contributed by atoms with van der Waals surface area (Å²) in [6.45, 7) is 11.0. The summed E-state index contributed by atoms with van der Waals surface area (Å²) in [7, 11) is 0. The van der Waals surface area contributed by atoms with Crippen molar-refractivity contribution in [2.45, 2.75) is 39.2 Å². The van der Waals surface area contributed by atoms with Gasteiger partial charge in [-0.3, -0.25) is 4.68 Å². The molecular weight excluding hydrogens is 452 g/mol. The van der Waals surface area contributed by atoms with E-state index in [2.05, 4.69) is 45.6 Å². The molecule has 0 saturated carbocycles. The minimum atomic E-state index is 0.466. The molecule has 0 atom stereocenters. The van der Waals surface area contributed by atoms with E-state index in [1.54, 1.807) is 0 Å². The first kappa shape index (κ1) is 23.1. The third-order valence-corrected chi connectivity index (χ3v) is 7.59. The lowest BCUT2D eigenvalue weighted by Gasteiger charge is -2.31. The van der Waals surface area contributed by atoms with E-state index in [0.717, 1.165) is 110 Å². The average Bonchev–Trinajstić information content (AvgIpc) is 3.60. The summed E-state index contributed by atoms with van der Waals surface area (Å²) < 4.78 is 7.66. The molecule has 4 aromatic heterocycles. The topological polar surface area (TPSA) is 88.0 Å². The van der Waals surface area contributed by atoms with Crippen LogP contribution in [0.4, 0.5) is 5.82 Å². The first-order valence-corrected chi connectivity index (χ1v) is 13.2. The lowest BCUT2D eigenvalue weighted by atomic mass is 10.0. The van der Waals surface area contributed by atoms with Crippen LogP contribution in [0.3, 0.4) is 0 Å². The summed E-state index contributed by atoms with van der Waals surface area (Å²) in [6, 6.07) is 2.64. The summed E-state index contributed by atoms with van der Waals surface area (Å²) in [5.41, 5.74) is 5.93. The van der Waals surface area contributed by atoms with E-state index in [-0.39, 0.29) is 0 Å². The highest BCUT2D eigenvalue weighted by Gasteiger charge is 2.21. The van der Waals surface area contributed by atoms with Gasteiger partial charge in [0, 0.05) is 66.8 Å². The maximum Gasteiger partial charge on any atom is 0.150 e. The van der Waals surface area contributed by atoms with E-state index < -0.39 is 0 Å². The summed E-state index contributed by atoms with van der Waals surface area (Å²) in [4.78, 5) is 22.6. The van der Waals surface area contributed by atoms with Gasteiger partial charge in [0.05, 0.1) is 43.0 Å². The molecule has 2 aliphatic heterocycles. The third kappa shape index (κ3) is 4.37. The van der Waals surface area contributed by atoms with Crippen LogP contribution in [0.2, 0.25) is 0 Å². The molecule has 4 aromatic rings. The van der Waals surface area contributed by atoms with Gasteiger partial charge in [-0.25, -0.2) is 15.0 Å². The number of nitrogens with zero attached hydrogens (tertiary/aromatic N) is 7. The van der Waals surface area contributed by atoms with Gasteiger partial charge in [0.25, 0.3) is 0 Å². The van der Waals surface area contributed by atoms with Crippen LogP contribution in [0.15, 0.2) is 37.1 Å². The minimum absolute atomic E-state index is 0.466. The van der Waals surface area contributed by atoms with Crippen molar-refractivity contribution in [3.63, 3.8) is 0 Å². The Morgan fingerprint density at radius 3 is 2.61 bits per heavy atom. The number of piperidine rings is 1. The van der Waals surface area contributed by atoms with Crippen LogP contribution < -0.4 is 4.90 Å². The van der Waals surface area contributed by atoms with Gasteiger partial charge in [-0.2, -0.15) is 5.10 Å². The zero-order valence-corrected chi connectivity index (χ0v) is 21.2. The normalized spacial score (nSPS) is 17.8. The molecule has 0 unspecified atom stereocenters. The highest BCUT2D eigenvalue weighted by atomic mass is 16.5. The van der Waals surface area contributed by atoms with Crippen molar-refractivity contribution in [3.05, 3.63) is 42.7 Å². The SMILES string of the molecule is CCc1nc(-c2cnc3[nH]cc(-c4cnn(C5CCN(CC)CC5)c4)c3c2)cnc1N1CCOCC1. The Labute approximate surface area is 211 Å². The van der Waals surface area contributed by atoms with Gasteiger partial charge in [0.2, 0.25) is 0 Å². The van der Waals surface area contributed by atoms with Crippen LogP contribution in [0.5, 0.6) is 0 Å². The zero-order chi connectivity index (χ0) is 24.5. The molecule has 2 saturated heterocycles. The van der Waals surface area contributed by atoms with Crippen LogP contribution in [0.1, 0.15) is 38.4 Å². The van der Waals surface area contributed by atoms with E-state index in [1.165, 1.54) is 0 Å². The molecule has 1 N–H and O–H groups in total. The molecule has 188 valence electrons. The summed E-state index contributed by atoms with van der Waals surface area (Å²) >= 11 is 0. The molecule has 0 amide bonds. The van der Waals surface area contributed by atoms with Gasteiger partial charge in [-0.15, -0.1) is 0 Å². The number of aromatic amines is 1. The second kappa shape index (κ2) is 9.99. The average molecular weight is 487 g/mol. The largest absolute Gasteiger partial charge is 0.378 e. The van der Waals surface area contributed by atoms with Crippen molar-refractivity contribution in [2.75, 3.05) is 50.8 Å². The van der Waals surface area contributed by atoms with E-state index in [0.29, 0.717) is 6.04 Å². The molecule has 2 fully saturated rings. The van der Waals surface area contributed by atoms with Gasteiger partial charge in [-0.05, 0) is 31.9 Å². The lowest BCUT2D eigenvalue weighted by molar-refractivity contribution is 0.122. The molecule has 0 spiro atoms. The number of hydrogen-bond acceptors (Lipinski definition) is 7. The number of aryl methyl sites for hydroxylation is 1. The summed E-state index contributed by atoms with van der Waals surface area (Å²) in [5, 5.41) is 5.81. The van der Waals surface area contributed by atoms with Crippen LogP contribution >= 0.6 is 0 Å². The van der Waals surface area contributed by atoms with Crippen LogP contribution in [0, 0.1) is 0 Å². The number of morpholine rings is 1. The number of rotatable bonds is 6. The van der Waals surface area contributed by atoms with Crippen LogP contribution in [0.25, 0.3) is 33.4 Å². The van der Waals surface area contributed by atoms with E-state index in [9.17, 15) is 0 Å². The fraction of sp³-hybridized carbons (Fsp3) is 0.481. The first-order chi connectivity index (χ1) is 17.7. The minimum Gasteiger partial charge on any atom is -0.378 e. The van der Waals surface area contributed by atoms with Gasteiger partial charge >= 0.3 is 0 Å². The molecule has 0 radical (unpaired) electrons. The lowest BCUT2D eigenvalue weighted by Crippen LogP contribution is -2.37. The highest BCUT2D eigenvalue weighted by Crippen LogP contribution is 2.32. The number of ether oxygens (including phenoxy) is 1. The molecule has 0 aliphatic carbocycles. The number of aromatic nitrogens is 6. The van der Waals surface area contributed by atoms with Crippen molar-refractivity contribution in [3.8, 4) is 22.4 Å². The number of nitrogens with one attached hydrogen (secondary N) is 1. The van der Waals surface area contributed by atoms with Crippen LogP contribution in [-0.2, 0) is 11.2 Å². The molecule has 9 heteroatoms. The van der Waals surface area contributed by atoms with Crippen molar-refractivity contribution >= 4 is 16.9 Å². The van der Waals surface area contributed by atoms with E-state index >= 15 is 0 Å². The molecule has 9 nitrogen and oxygen atoms in total. The first-order valence-electron chi connectivity index (χ1n) is 13.2. The van der Waals surface area contributed by atoms with Crippen molar-refractivity contribution in [2.24, 2.45) is 0 Å². The molecule has 0 bridgehead atoms. The molecule has 6 rings (SSSR count). The molecule has 0 aromatic carbocycles. The standard InChI is InChI=1S/C27H34N8O/c1-3-24-27(34-9-11-36-12-10-34)30-17-25(32-24)19-13-22-23(16-29-26(22)28-14-19)20-15-31-35(18-20)21-5-7-33(4-2)8-6-21/h13-18,21H,3-12H2,1-2H3,(H,28,29). The maximum absolute atomic E-state index is 5.50. The zero-order valence-electron chi connectivity index (χ0n) is 21.2. The fourth-order valence-electron chi connectivity index (χ4n) is 5.40. The Morgan fingerprint density at radius 1 is 1.00 bits per heavy atom. The smallest absolute Gasteiger partial charge is 0.150 e.